The van der Waals surface area contributed by atoms with Gasteiger partial charge in [0.15, 0.2) is 0 Å². The van der Waals surface area contributed by atoms with Crippen LogP contribution in [0, 0.1) is 0 Å². The molecule has 0 saturated heterocycles. The van der Waals surface area contributed by atoms with Crippen LogP contribution in [0.5, 0.6) is 5.75 Å². The van der Waals surface area contributed by atoms with Gasteiger partial charge in [-0.05, 0) is 18.2 Å². The van der Waals surface area contributed by atoms with Crippen LogP contribution in [0.15, 0.2) is 23.1 Å². The van der Waals surface area contributed by atoms with Crippen molar-refractivity contribution in [2.24, 2.45) is 0 Å². The minimum absolute atomic E-state index is 0.0119. The molecule has 0 aromatic heterocycles. The molecule has 0 atom stereocenters. The number of hydrogen-bond acceptors (Lipinski definition) is 3. The van der Waals surface area contributed by atoms with Gasteiger partial charge in [-0.1, -0.05) is 11.6 Å². The van der Waals surface area contributed by atoms with Crippen molar-refractivity contribution in [3.63, 3.8) is 0 Å². The number of methoxy groups -OCH3 is 1. The Morgan fingerprint density at radius 3 is 2.93 bits per heavy atom. The first kappa shape index (κ1) is 11.2. The Balaban J connectivity index is 2.80. The van der Waals surface area contributed by atoms with Gasteiger partial charge in [-0.2, -0.15) is 0 Å². The van der Waals surface area contributed by atoms with Crippen LogP contribution in [0.2, 0.25) is 5.02 Å². The van der Waals surface area contributed by atoms with Gasteiger partial charge in [-0.25, -0.2) is 0 Å². The molecular formula is C9H9ClO3S. The van der Waals surface area contributed by atoms with Gasteiger partial charge in [0.1, 0.15) is 5.75 Å². The molecule has 0 radical (unpaired) electrons. The van der Waals surface area contributed by atoms with Gasteiger partial charge in [-0.15, -0.1) is 11.8 Å². The fraction of sp³-hybridized carbons (Fsp3) is 0.222. The number of carboxylic acid groups (broad SMARTS) is 1. The Morgan fingerprint density at radius 2 is 2.36 bits per heavy atom. The average Bonchev–Trinajstić information content (AvgIpc) is 2.15. The Labute approximate surface area is 91.0 Å². The van der Waals surface area contributed by atoms with Crippen LogP contribution in [0.1, 0.15) is 0 Å². The maximum atomic E-state index is 10.4. The summed E-state index contributed by atoms with van der Waals surface area (Å²) in [5.74, 6) is -0.242. The van der Waals surface area contributed by atoms with Crippen LogP contribution in [-0.4, -0.2) is 23.9 Å². The highest BCUT2D eigenvalue weighted by molar-refractivity contribution is 8.00. The lowest BCUT2D eigenvalue weighted by atomic mass is 10.3. The molecule has 0 spiro atoms. The highest BCUT2D eigenvalue weighted by Crippen LogP contribution is 2.31. The molecule has 1 aromatic rings. The number of ether oxygens (including phenoxy) is 1. The zero-order valence-corrected chi connectivity index (χ0v) is 9.06. The van der Waals surface area contributed by atoms with Crippen LogP contribution in [0.25, 0.3) is 0 Å². The van der Waals surface area contributed by atoms with Crippen molar-refractivity contribution < 1.29 is 14.6 Å². The molecular weight excluding hydrogens is 224 g/mol. The van der Waals surface area contributed by atoms with Crippen molar-refractivity contribution in [3.8, 4) is 5.75 Å². The zero-order chi connectivity index (χ0) is 10.6. The molecule has 3 nitrogen and oxygen atoms in total. The summed E-state index contributed by atoms with van der Waals surface area (Å²) in [5.41, 5.74) is 0. The normalized spacial score (nSPS) is 9.86. The van der Waals surface area contributed by atoms with E-state index in [1.165, 1.54) is 18.9 Å². The molecule has 0 heterocycles. The van der Waals surface area contributed by atoms with E-state index in [1.807, 2.05) is 0 Å². The fourth-order valence-corrected chi connectivity index (χ4v) is 1.79. The van der Waals surface area contributed by atoms with Crippen molar-refractivity contribution >= 4 is 29.3 Å². The molecule has 0 aliphatic rings. The molecule has 1 rings (SSSR count). The van der Waals surface area contributed by atoms with Gasteiger partial charge >= 0.3 is 5.97 Å². The van der Waals surface area contributed by atoms with Crippen LogP contribution in [0.4, 0.5) is 0 Å². The highest BCUT2D eigenvalue weighted by atomic mass is 35.5. The predicted octanol–water partition coefficient (Wildman–Crippen LogP) is 2.53. The third-order valence-electron chi connectivity index (χ3n) is 1.48. The number of aliphatic carboxylic acids is 1. The summed E-state index contributed by atoms with van der Waals surface area (Å²) < 4.78 is 5.06. The van der Waals surface area contributed by atoms with Crippen molar-refractivity contribution in [2.45, 2.75) is 4.90 Å². The standard InChI is InChI=1S/C9H9ClO3S/c1-13-7-4-6(10)2-3-8(7)14-5-9(11)12/h2-4H,5H2,1H3,(H,11,12). The van der Waals surface area contributed by atoms with Gasteiger partial charge < -0.3 is 9.84 Å². The summed E-state index contributed by atoms with van der Waals surface area (Å²) >= 11 is 6.96. The van der Waals surface area contributed by atoms with Crippen molar-refractivity contribution in [2.75, 3.05) is 12.9 Å². The molecule has 5 heteroatoms. The lowest BCUT2D eigenvalue weighted by Gasteiger charge is -2.06. The molecule has 0 saturated carbocycles. The third-order valence-corrected chi connectivity index (χ3v) is 2.75. The molecule has 14 heavy (non-hydrogen) atoms. The van der Waals surface area contributed by atoms with Gasteiger partial charge in [0, 0.05) is 9.92 Å². The van der Waals surface area contributed by atoms with E-state index in [4.69, 9.17) is 21.4 Å². The first-order valence-electron chi connectivity index (χ1n) is 3.81. The van der Waals surface area contributed by atoms with E-state index in [9.17, 15) is 4.79 Å². The molecule has 1 aromatic carbocycles. The lowest BCUT2D eigenvalue weighted by molar-refractivity contribution is -0.133. The second-order valence-corrected chi connectivity index (χ2v) is 3.93. The molecule has 1 N–H and O–H groups in total. The summed E-state index contributed by atoms with van der Waals surface area (Å²) in [6, 6.07) is 5.11. The van der Waals surface area contributed by atoms with E-state index in [1.54, 1.807) is 18.2 Å². The molecule has 0 bridgehead atoms. The number of halogens is 1. The molecule has 0 fully saturated rings. The minimum Gasteiger partial charge on any atom is -0.496 e. The monoisotopic (exact) mass is 232 g/mol. The largest absolute Gasteiger partial charge is 0.496 e. The van der Waals surface area contributed by atoms with Crippen molar-refractivity contribution in [1.29, 1.82) is 0 Å². The first-order chi connectivity index (χ1) is 6.63. The third kappa shape index (κ3) is 3.12. The van der Waals surface area contributed by atoms with Crippen molar-refractivity contribution in [1.82, 2.24) is 0 Å². The summed E-state index contributed by atoms with van der Waals surface area (Å²) in [6.07, 6.45) is 0. The number of benzene rings is 1. The maximum Gasteiger partial charge on any atom is 0.313 e. The summed E-state index contributed by atoms with van der Waals surface area (Å²) in [6.45, 7) is 0. The van der Waals surface area contributed by atoms with Gasteiger partial charge in [0.25, 0.3) is 0 Å². The maximum absolute atomic E-state index is 10.4. The van der Waals surface area contributed by atoms with Crippen molar-refractivity contribution in [3.05, 3.63) is 23.2 Å². The Kier molecular flexibility index (Phi) is 4.10. The molecule has 0 unspecified atom stereocenters. The second kappa shape index (κ2) is 5.12. The van der Waals surface area contributed by atoms with Gasteiger partial charge in [-0.3, -0.25) is 4.79 Å². The summed E-state index contributed by atoms with van der Waals surface area (Å²) in [5, 5.41) is 9.08. The summed E-state index contributed by atoms with van der Waals surface area (Å²) in [7, 11) is 1.52. The number of carboxylic acids is 1. The van der Waals surface area contributed by atoms with Crippen LogP contribution >= 0.6 is 23.4 Å². The van der Waals surface area contributed by atoms with E-state index < -0.39 is 5.97 Å². The highest BCUT2D eigenvalue weighted by Gasteiger charge is 2.06. The SMILES string of the molecule is COc1cc(Cl)ccc1SCC(=O)O. The molecule has 0 aliphatic heterocycles. The number of hydrogen-bond donors (Lipinski definition) is 1. The summed E-state index contributed by atoms with van der Waals surface area (Å²) in [4.78, 5) is 11.1. The minimum atomic E-state index is -0.855. The molecule has 76 valence electrons. The smallest absolute Gasteiger partial charge is 0.313 e. The predicted molar refractivity (Wildman–Crippen MR) is 56.4 cm³/mol. The van der Waals surface area contributed by atoms with Gasteiger partial charge in [0.05, 0.1) is 12.9 Å². The first-order valence-corrected chi connectivity index (χ1v) is 5.18. The number of rotatable bonds is 4. The van der Waals surface area contributed by atoms with E-state index >= 15 is 0 Å². The van der Waals surface area contributed by atoms with E-state index in [0.717, 1.165) is 4.90 Å². The van der Waals surface area contributed by atoms with E-state index in [2.05, 4.69) is 0 Å². The number of thioether (sulfide) groups is 1. The van der Waals surface area contributed by atoms with Crippen LogP contribution in [-0.2, 0) is 4.79 Å². The molecule has 0 aliphatic carbocycles. The second-order valence-electron chi connectivity index (χ2n) is 2.48. The topological polar surface area (TPSA) is 46.5 Å². The van der Waals surface area contributed by atoms with Gasteiger partial charge in [0.2, 0.25) is 0 Å². The number of carbonyl (C=O) groups is 1. The Morgan fingerprint density at radius 1 is 1.64 bits per heavy atom. The lowest BCUT2D eigenvalue weighted by Crippen LogP contribution is -1.98. The Hall–Kier alpha value is -0.870. The van der Waals surface area contributed by atoms with E-state index in [0.29, 0.717) is 10.8 Å². The average molecular weight is 233 g/mol. The quantitative estimate of drug-likeness (QED) is 0.811. The zero-order valence-electron chi connectivity index (χ0n) is 7.49. The van der Waals surface area contributed by atoms with Crippen LogP contribution < -0.4 is 4.74 Å². The van der Waals surface area contributed by atoms with Crippen LogP contribution in [0.3, 0.4) is 0 Å². The Bertz CT molecular complexity index is 341. The molecule has 0 amide bonds. The van der Waals surface area contributed by atoms with E-state index in [-0.39, 0.29) is 5.75 Å². The fourth-order valence-electron chi connectivity index (χ4n) is 0.900.